The molecule has 0 saturated heterocycles. The number of aromatic nitrogens is 1. The van der Waals surface area contributed by atoms with Gasteiger partial charge >= 0.3 is 5.97 Å². The maximum atomic E-state index is 12.9. The maximum absolute atomic E-state index is 12.9. The monoisotopic (exact) mass is 370 g/mol. The lowest BCUT2D eigenvalue weighted by Crippen LogP contribution is -2.14. The topological polar surface area (TPSA) is 65.2 Å². The van der Waals surface area contributed by atoms with Gasteiger partial charge in [0.1, 0.15) is 0 Å². The van der Waals surface area contributed by atoms with Crippen LogP contribution in [0.2, 0.25) is 0 Å². The minimum atomic E-state index is -2.68. The second kappa shape index (κ2) is 6.93. The quantitative estimate of drug-likeness (QED) is 0.638. The highest BCUT2D eigenvalue weighted by Crippen LogP contribution is 2.25. The van der Waals surface area contributed by atoms with Crippen molar-refractivity contribution in [2.45, 2.75) is 26.3 Å². The van der Waals surface area contributed by atoms with Gasteiger partial charge in [0.25, 0.3) is 6.43 Å². The molecule has 0 fully saturated rings. The van der Waals surface area contributed by atoms with Crippen LogP contribution in [0.15, 0.2) is 6.07 Å². The summed E-state index contributed by atoms with van der Waals surface area (Å²) in [5.74, 6) is -0.573. The molecule has 1 heterocycles. The van der Waals surface area contributed by atoms with Crippen molar-refractivity contribution >= 4 is 28.6 Å². The molecule has 0 atom stereocenters. The first-order valence-corrected chi connectivity index (χ1v) is 6.39. The summed E-state index contributed by atoms with van der Waals surface area (Å²) < 4.78 is 31.0. The molecule has 0 saturated carbocycles. The number of ether oxygens (including phenoxy) is 1. The molecule has 0 aliphatic heterocycles. The van der Waals surface area contributed by atoms with Crippen LogP contribution in [0.25, 0.3) is 0 Å². The average molecular weight is 370 g/mol. The molecule has 0 amide bonds. The minimum absolute atomic E-state index is 0.0318. The van der Waals surface area contributed by atoms with Gasteiger partial charge in [-0.2, -0.15) is 0 Å². The van der Waals surface area contributed by atoms with E-state index in [1.165, 1.54) is 6.07 Å². The highest BCUT2D eigenvalue weighted by atomic mass is 127. The number of hydrogen-bond acceptors (Lipinski definition) is 4. The molecular formula is C11H13F2IN2O2. The molecular weight excluding hydrogens is 357 g/mol. The first kappa shape index (κ1) is 15.2. The Morgan fingerprint density at radius 3 is 2.72 bits per heavy atom. The second-order valence-corrected chi connectivity index (χ2v) is 4.60. The van der Waals surface area contributed by atoms with Crippen molar-refractivity contribution in [2.24, 2.45) is 5.73 Å². The largest absolute Gasteiger partial charge is 0.466 e. The van der Waals surface area contributed by atoms with Crippen LogP contribution in [0, 0.1) is 3.57 Å². The summed E-state index contributed by atoms with van der Waals surface area (Å²) >= 11 is 1.89. The summed E-state index contributed by atoms with van der Waals surface area (Å²) in [7, 11) is 0. The number of esters is 1. The van der Waals surface area contributed by atoms with E-state index in [9.17, 15) is 13.6 Å². The fourth-order valence-corrected chi connectivity index (χ4v) is 2.08. The molecule has 0 aliphatic carbocycles. The molecule has 1 rings (SSSR count). The lowest BCUT2D eigenvalue weighted by atomic mass is 10.1. The van der Waals surface area contributed by atoms with Gasteiger partial charge in [0.2, 0.25) is 0 Å². The third-order valence-electron chi connectivity index (χ3n) is 2.21. The van der Waals surface area contributed by atoms with Crippen molar-refractivity contribution in [3.8, 4) is 0 Å². The Kier molecular flexibility index (Phi) is 5.86. The van der Waals surface area contributed by atoms with Crippen molar-refractivity contribution in [1.29, 1.82) is 0 Å². The van der Waals surface area contributed by atoms with Gasteiger partial charge in [-0.1, -0.05) is 0 Å². The third kappa shape index (κ3) is 3.84. The highest BCUT2D eigenvalue weighted by Gasteiger charge is 2.19. The number of alkyl halides is 2. The molecule has 0 unspecified atom stereocenters. The second-order valence-electron chi connectivity index (χ2n) is 3.44. The molecule has 100 valence electrons. The minimum Gasteiger partial charge on any atom is -0.466 e. The summed E-state index contributed by atoms with van der Waals surface area (Å²) in [6.45, 7) is 1.99. The molecule has 2 N–H and O–H groups in total. The number of pyridine rings is 1. The molecule has 0 aromatic carbocycles. The van der Waals surface area contributed by atoms with Gasteiger partial charge in [0.15, 0.2) is 0 Å². The number of hydrogen-bond donors (Lipinski definition) is 1. The summed E-state index contributed by atoms with van der Waals surface area (Å²) in [5.41, 5.74) is 5.75. The zero-order valence-electron chi connectivity index (χ0n) is 9.75. The fourth-order valence-electron chi connectivity index (χ4n) is 1.41. The first-order chi connectivity index (χ1) is 8.49. The number of nitrogens with zero attached hydrogens (tertiary/aromatic N) is 1. The van der Waals surface area contributed by atoms with E-state index >= 15 is 0 Å². The van der Waals surface area contributed by atoms with Gasteiger partial charge < -0.3 is 10.5 Å². The molecule has 1 aromatic heterocycles. The third-order valence-corrected chi connectivity index (χ3v) is 3.14. The molecule has 7 heteroatoms. The van der Waals surface area contributed by atoms with Crippen molar-refractivity contribution in [2.75, 3.05) is 6.61 Å². The van der Waals surface area contributed by atoms with Crippen LogP contribution >= 0.6 is 22.6 Å². The van der Waals surface area contributed by atoms with E-state index in [-0.39, 0.29) is 30.8 Å². The van der Waals surface area contributed by atoms with E-state index < -0.39 is 12.4 Å². The van der Waals surface area contributed by atoms with Gasteiger partial charge in [-0.05, 0) is 35.6 Å². The lowest BCUT2D eigenvalue weighted by molar-refractivity contribution is -0.142. The Bertz CT molecular complexity index is 441. The standard InChI is InChI=1S/C11H13F2IN2O2/c1-2-18-10(17)4-8-6(11(12)13)3-7(14)9(5-15)16-8/h3,11H,2,4-5,15H2,1H3. The van der Waals surface area contributed by atoms with E-state index in [1.807, 2.05) is 22.6 Å². The van der Waals surface area contributed by atoms with Crippen LogP contribution in [-0.2, 0) is 22.5 Å². The molecule has 0 radical (unpaired) electrons. The summed E-state index contributed by atoms with van der Waals surface area (Å²) in [4.78, 5) is 15.4. The van der Waals surface area contributed by atoms with E-state index in [1.54, 1.807) is 6.92 Å². The SMILES string of the molecule is CCOC(=O)Cc1nc(CN)c(I)cc1C(F)F. The van der Waals surface area contributed by atoms with E-state index in [0.717, 1.165) is 0 Å². The molecule has 0 bridgehead atoms. The van der Waals surface area contributed by atoms with Crippen molar-refractivity contribution < 1.29 is 18.3 Å². The normalized spacial score (nSPS) is 10.8. The van der Waals surface area contributed by atoms with Crippen molar-refractivity contribution in [3.63, 3.8) is 0 Å². The Labute approximate surface area is 117 Å². The Hall–Kier alpha value is -0.830. The van der Waals surface area contributed by atoms with Gasteiger partial charge in [-0.25, -0.2) is 8.78 Å². The van der Waals surface area contributed by atoms with Gasteiger partial charge in [0.05, 0.1) is 24.4 Å². The molecule has 1 aromatic rings. The van der Waals surface area contributed by atoms with Gasteiger partial charge in [-0.3, -0.25) is 9.78 Å². The summed E-state index contributed by atoms with van der Waals surface area (Å²) in [6.07, 6.45) is -2.94. The number of carbonyl (C=O) groups excluding carboxylic acids is 1. The predicted molar refractivity (Wildman–Crippen MR) is 70.1 cm³/mol. The number of rotatable bonds is 5. The maximum Gasteiger partial charge on any atom is 0.311 e. The fraction of sp³-hybridized carbons (Fsp3) is 0.455. The summed E-state index contributed by atoms with van der Waals surface area (Å²) in [6, 6.07) is 1.31. The first-order valence-electron chi connectivity index (χ1n) is 5.31. The Morgan fingerprint density at radius 2 is 2.22 bits per heavy atom. The van der Waals surface area contributed by atoms with Crippen molar-refractivity contribution in [3.05, 3.63) is 26.6 Å². The number of carbonyl (C=O) groups is 1. The zero-order chi connectivity index (χ0) is 13.7. The number of nitrogens with two attached hydrogens (primary N) is 1. The van der Waals surface area contributed by atoms with E-state index in [0.29, 0.717) is 9.26 Å². The number of halogens is 3. The Balaban J connectivity index is 3.10. The van der Waals surface area contributed by atoms with Crippen LogP contribution in [0.1, 0.15) is 30.3 Å². The van der Waals surface area contributed by atoms with Crippen LogP contribution in [0.5, 0.6) is 0 Å². The van der Waals surface area contributed by atoms with Crippen molar-refractivity contribution in [1.82, 2.24) is 4.98 Å². The van der Waals surface area contributed by atoms with Gasteiger partial charge in [0, 0.05) is 15.7 Å². The predicted octanol–water partition coefficient (Wildman–Crippen LogP) is 2.19. The molecule has 0 spiro atoms. The van der Waals surface area contributed by atoms with Crippen LogP contribution in [0.3, 0.4) is 0 Å². The van der Waals surface area contributed by atoms with Gasteiger partial charge in [-0.15, -0.1) is 0 Å². The van der Waals surface area contributed by atoms with E-state index in [4.69, 9.17) is 10.5 Å². The molecule has 0 aliphatic rings. The molecule has 18 heavy (non-hydrogen) atoms. The van der Waals surface area contributed by atoms with Crippen LogP contribution in [-0.4, -0.2) is 17.6 Å². The highest BCUT2D eigenvalue weighted by molar-refractivity contribution is 14.1. The average Bonchev–Trinajstić information content (AvgIpc) is 2.30. The summed E-state index contributed by atoms with van der Waals surface area (Å²) in [5, 5.41) is 0. The molecule has 4 nitrogen and oxygen atoms in total. The van der Waals surface area contributed by atoms with E-state index in [2.05, 4.69) is 4.98 Å². The van der Waals surface area contributed by atoms with Crippen LogP contribution in [0.4, 0.5) is 8.78 Å². The van der Waals surface area contributed by atoms with Crippen LogP contribution < -0.4 is 5.73 Å². The Morgan fingerprint density at radius 1 is 1.56 bits per heavy atom. The smallest absolute Gasteiger partial charge is 0.311 e. The lowest BCUT2D eigenvalue weighted by Gasteiger charge is -2.11. The zero-order valence-corrected chi connectivity index (χ0v) is 11.9.